The van der Waals surface area contributed by atoms with Crippen molar-refractivity contribution in [1.29, 1.82) is 0 Å². The summed E-state index contributed by atoms with van der Waals surface area (Å²) in [4.78, 5) is 33.9. The van der Waals surface area contributed by atoms with Crippen LogP contribution in [0, 0.1) is 10.1 Å². The first-order chi connectivity index (χ1) is 10.6. The van der Waals surface area contributed by atoms with E-state index in [0.717, 1.165) is 0 Å². The van der Waals surface area contributed by atoms with Crippen molar-refractivity contribution >= 4 is 17.7 Å². The van der Waals surface area contributed by atoms with Gasteiger partial charge in [0.1, 0.15) is 11.6 Å². The van der Waals surface area contributed by atoms with Gasteiger partial charge < -0.3 is 15.4 Å². The summed E-state index contributed by atoms with van der Waals surface area (Å²) in [5.74, 6) is -0.464. The van der Waals surface area contributed by atoms with Gasteiger partial charge in [-0.15, -0.1) is 0 Å². The van der Waals surface area contributed by atoms with E-state index in [9.17, 15) is 19.7 Å². The zero-order chi connectivity index (χ0) is 17.6. The highest BCUT2D eigenvalue weighted by molar-refractivity contribution is 5.85. The summed E-state index contributed by atoms with van der Waals surface area (Å²) < 4.78 is 5.05. The van der Waals surface area contributed by atoms with Gasteiger partial charge in [-0.05, 0) is 27.7 Å². The first kappa shape index (κ1) is 18.4. The van der Waals surface area contributed by atoms with Crippen LogP contribution in [0.5, 0.6) is 0 Å². The monoisotopic (exact) mass is 323 g/mol. The van der Waals surface area contributed by atoms with Gasteiger partial charge >= 0.3 is 6.09 Å². The molecular weight excluding hydrogens is 302 g/mol. The van der Waals surface area contributed by atoms with E-state index >= 15 is 0 Å². The Morgan fingerprint density at radius 2 is 1.91 bits per heavy atom. The summed E-state index contributed by atoms with van der Waals surface area (Å²) >= 11 is 0. The van der Waals surface area contributed by atoms with E-state index in [4.69, 9.17) is 4.74 Å². The van der Waals surface area contributed by atoms with Crippen molar-refractivity contribution in [3.63, 3.8) is 0 Å². The number of nitro groups is 1. The second-order valence-electron chi connectivity index (χ2n) is 5.97. The molecule has 1 unspecified atom stereocenters. The van der Waals surface area contributed by atoms with Crippen LogP contribution in [-0.4, -0.2) is 28.6 Å². The highest BCUT2D eigenvalue weighted by Gasteiger charge is 2.21. The molecule has 1 aromatic carbocycles. The van der Waals surface area contributed by atoms with Crippen LogP contribution < -0.4 is 10.6 Å². The number of alkyl carbamates (subject to hydrolysis) is 1. The second kappa shape index (κ2) is 7.57. The van der Waals surface area contributed by atoms with Crippen LogP contribution in [0.1, 0.15) is 33.3 Å². The molecule has 0 fully saturated rings. The van der Waals surface area contributed by atoms with Crippen LogP contribution in [-0.2, 0) is 16.1 Å². The molecular formula is C15H21N3O5. The summed E-state index contributed by atoms with van der Waals surface area (Å²) in [5, 5.41) is 15.8. The van der Waals surface area contributed by atoms with Gasteiger partial charge in [0.2, 0.25) is 5.91 Å². The molecule has 0 aliphatic carbocycles. The van der Waals surface area contributed by atoms with E-state index in [1.807, 2.05) is 0 Å². The maximum atomic E-state index is 11.9. The zero-order valence-electron chi connectivity index (χ0n) is 13.6. The summed E-state index contributed by atoms with van der Waals surface area (Å²) in [7, 11) is 0. The first-order valence-electron chi connectivity index (χ1n) is 7.09. The Hall–Kier alpha value is -2.64. The number of amides is 2. The fourth-order valence-corrected chi connectivity index (χ4v) is 1.72. The Labute approximate surface area is 134 Å². The van der Waals surface area contributed by atoms with E-state index in [2.05, 4.69) is 10.6 Å². The molecule has 8 heteroatoms. The first-order valence-corrected chi connectivity index (χ1v) is 7.09. The smallest absolute Gasteiger partial charge is 0.408 e. The molecule has 1 atom stereocenters. The highest BCUT2D eigenvalue weighted by atomic mass is 16.6. The van der Waals surface area contributed by atoms with Crippen molar-refractivity contribution in [3.8, 4) is 0 Å². The van der Waals surface area contributed by atoms with Gasteiger partial charge in [-0.25, -0.2) is 4.79 Å². The Morgan fingerprint density at radius 3 is 2.48 bits per heavy atom. The Morgan fingerprint density at radius 1 is 1.30 bits per heavy atom. The molecule has 0 saturated carbocycles. The third-order valence-electron chi connectivity index (χ3n) is 2.77. The van der Waals surface area contributed by atoms with Crippen molar-refractivity contribution in [3.05, 3.63) is 39.9 Å². The fourth-order valence-electron chi connectivity index (χ4n) is 1.72. The standard InChI is InChI=1S/C15H21N3O5/c1-10(17-14(20)23-15(2,3)4)13(19)16-9-11-7-5-6-8-12(11)18(21)22/h5-8,10H,9H2,1-4H3,(H,16,19)(H,17,20). The number of carbonyl (C=O) groups is 2. The minimum absolute atomic E-state index is 0.00365. The molecule has 0 heterocycles. The van der Waals surface area contributed by atoms with Crippen molar-refractivity contribution in [2.45, 2.75) is 45.9 Å². The Balaban J connectivity index is 2.57. The van der Waals surface area contributed by atoms with Gasteiger partial charge in [-0.3, -0.25) is 14.9 Å². The number of nitrogens with one attached hydrogen (secondary N) is 2. The fraction of sp³-hybridized carbons (Fsp3) is 0.467. The van der Waals surface area contributed by atoms with E-state index in [1.165, 1.54) is 13.0 Å². The quantitative estimate of drug-likeness (QED) is 0.637. The van der Waals surface area contributed by atoms with Crippen LogP contribution in [0.25, 0.3) is 0 Å². The van der Waals surface area contributed by atoms with Gasteiger partial charge in [-0.2, -0.15) is 0 Å². The van der Waals surface area contributed by atoms with Crippen molar-refractivity contribution in [2.75, 3.05) is 0 Å². The minimum Gasteiger partial charge on any atom is -0.444 e. The number of nitro benzene ring substituents is 1. The predicted molar refractivity (Wildman–Crippen MR) is 83.8 cm³/mol. The number of rotatable bonds is 5. The summed E-state index contributed by atoms with van der Waals surface area (Å²) in [6, 6.07) is 5.30. The zero-order valence-corrected chi connectivity index (χ0v) is 13.6. The molecule has 0 aromatic heterocycles. The third kappa shape index (κ3) is 6.33. The number of benzene rings is 1. The summed E-state index contributed by atoms with van der Waals surface area (Å²) in [5.41, 5.74) is -0.346. The highest BCUT2D eigenvalue weighted by Crippen LogP contribution is 2.17. The third-order valence-corrected chi connectivity index (χ3v) is 2.77. The minimum atomic E-state index is -0.826. The van der Waals surface area contributed by atoms with Crippen molar-refractivity contribution < 1.29 is 19.2 Å². The van der Waals surface area contributed by atoms with E-state index in [-0.39, 0.29) is 12.2 Å². The molecule has 0 saturated heterocycles. The van der Waals surface area contributed by atoms with Crippen LogP contribution in [0.2, 0.25) is 0 Å². The van der Waals surface area contributed by atoms with Crippen molar-refractivity contribution in [2.24, 2.45) is 0 Å². The molecule has 2 amide bonds. The molecule has 1 rings (SSSR count). The lowest BCUT2D eigenvalue weighted by atomic mass is 10.2. The average Bonchev–Trinajstić information content (AvgIpc) is 2.42. The molecule has 8 nitrogen and oxygen atoms in total. The summed E-state index contributed by atoms with van der Waals surface area (Å²) in [6.07, 6.45) is -0.703. The number of nitrogens with zero attached hydrogens (tertiary/aromatic N) is 1. The maximum Gasteiger partial charge on any atom is 0.408 e. The van der Waals surface area contributed by atoms with E-state index in [0.29, 0.717) is 5.56 Å². The largest absolute Gasteiger partial charge is 0.444 e. The van der Waals surface area contributed by atoms with Crippen LogP contribution in [0.15, 0.2) is 24.3 Å². The molecule has 0 radical (unpaired) electrons. The molecule has 2 N–H and O–H groups in total. The number of hydrogen-bond donors (Lipinski definition) is 2. The predicted octanol–water partition coefficient (Wildman–Crippen LogP) is 2.12. The van der Waals surface area contributed by atoms with Crippen LogP contribution in [0.3, 0.4) is 0 Å². The molecule has 1 aromatic rings. The lowest BCUT2D eigenvalue weighted by molar-refractivity contribution is -0.385. The van der Waals surface area contributed by atoms with Gasteiger partial charge in [0.15, 0.2) is 0 Å². The Bertz CT molecular complexity index is 595. The van der Waals surface area contributed by atoms with Gasteiger partial charge in [0, 0.05) is 18.2 Å². The average molecular weight is 323 g/mol. The number of hydrogen-bond acceptors (Lipinski definition) is 5. The topological polar surface area (TPSA) is 111 Å². The van der Waals surface area contributed by atoms with E-state index < -0.39 is 28.6 Å². The van der Waals surface area contributed by atoms with Crippen LogP contribution >= 0.6 is 0 Å². The normalized spacial score (nSPS) is 12.2. The summed E-state index contributed by atoms with van der Waals surface area (Å²) in [6.45, 7) is 6.64. The molecule has 0 bridgehead atoms. The number of para-hydroxylation sites is 1. The Kier molecular flexibility index (Phi) is 6.06. The van der Waals surface area contributed by atoms with Gasteiger partial charge in [-0.1, -0.05) is 18.2 Å². The molecule has 23 heavy (non-hydrogen) atoms. The lowest BCUT2D eigenvalue weighted by Crippen LogP contribution is -2.46. The SMILES string of the molecule is CC(NC(=O)OC(C)(C)C)C(=O)NCc1ccccc1[N+](=O)[O-]. The maximum absolute atomic E-state index is 11.9. The number of ether oxygens (including phenoxy) is 1. The molecule has 0 aliphatic rings. The second-order valence-corrected chi connectivity index (χ2v) is 5.97. The van der Waals surface area contributed by atoms with E-state index in [1.54, 1.807) is 39.0 Å². The number of carbonyl (C=O) groups excluding carboxylic acids is 2. The molecule has 126 valence electrons. The molecule has 0 aliphatic heterocycles. The van der Waals surface area contributed by atoms with Gasteiger partial charge in [0.05, 0.1) is 4.92 Å². The van der Waals surface area contributed by atoms with Crippen LogP contribution in [0.4, 0.5) is 10.5 Å². The van der Waals surface area contributed by atoms with Crippen molar-refractivity contribution in [1.82, 2.24) is 10.6 Å². The lowest BCUT2D eigenvalue weighted by Gasteiger charge is -2.21. The molecule has 0 spiro atoms. The van der Waals surface area contributed by atoms with Gasteiger partial charge in [0.25, 0.3) is 5.69 Å².